The van der Waals surface area contributed by atoms with E-state index in [1.165, 1.54) is 36.9 Å². The number of esters is 1. The van der Waals surface area contributed by atoms with E-state index in [4.69, 9.17) is 4.74 Å². The van der Waals surface area contributed by atoms with Crippen molar-refractivity contribution in [1.82, 2.24) is 4.90 Å². The van der Waals surface area contributed by atoms with Gasteiger partial charge in [-0.1, -0.05) is 30.3 Å². The summed E-state index contributed by atoms with van der Waals surface area (Å²) in [5.41, 5.74) is 3.04. The highest BCUT2D eigenvalue weighted by Gasteiger charge is 2.22. The number of hydrogen-bond acceptors (Lipinski definition) is 7. The summed E-state index contributed by atoms with van der Waals surface area (Å²) in [6, 6.07) is 20.8. The fraction of sp³-hybridized carbons (Fsp3) is 0.231. The van der Waals surface area contributed by atoms with Gasteiger partial charge in [-0.25, -0.2) is 4.79 Å². The molecule has 3 aromatic rings. The van der Waals surface area contributed by atoms with Gasteiger partial charge < -0.3 is 15.0 Å². The zero-order chi connectivity index (χ0) is 24.8. The number of nitro groups is 1. The van der Waals surface area contributed by atoms with E-state index in [-0.39, 0.29) is 11.3 Å². The second kappa shape index (κ2) is 10.8. The van der Waals surface area contributed by atoms with Gasteiger partial charge >= 0.3 is 5.97 Å². The van der Waals surface area contributed by atoms with E-state index >= 15 is 0 Å². The Hall–Kier alpha value is -4.24. The van der Waals surface area contributed by atoms with E-state index in [2.05, 4.69) is 27.2 Å². The third-order valence-electron chi connectivity index (χ3n) is 5.97. The van der Waals surface area contributed by atoms with Crippen LogP contribution in [0.25, 0.3) is 0 Å². The highest BCUT2D eigenvalue weighted by atomic mass is 16.6. The van der Waals surface area contributed by atoms with Crippen LogP contribution in [0.15, 0.2) is 72.8 Å². The predicted octanol–water partition coefficient (Wildman–Crippen LogP) is 3.96. The molecule has 1 aliphatic heterocycles. The van der Waals surface area contributed by atoms with Gasteiger partial charge in [0.15, 0.2) is 0 Å². The summed E-state index contributed by atoms with van der Waals surface area (Å²) in [5.74, 6) is -0.930. The van der Waals surface area contributed by atoms with Gasteiger partial charge in [0.2, 0.25) is 0 Å². The first-order valence-electron chi connectivity index (χ1n) is 11.2. The smallest absolute Gasteiger partial charge is 0.337 e. The molecular formula is C26H26N4O5. The number of carbonyl (C=O) groups excluding carboxylic acids is 2. The number of amides is 1. The minimum absolute atomic E-state index is 0.0942. The maximum Gasteiger partial charge on any atom is 0.337 e. The molecule has 1 heterocycles. The zero-order valence-corrected chi connectivity index (χ0v) is 19.3. The Morgan fingerprint density at radius 1 is 0.943 bits per heavy atom. The Kier molecular flexibility index (Phi) is 7.37. The monoisotopic (exact) mass is 474 g/mol. The van der Waals surface area contributed by atoms with Gasteiger partial charge in [0.05, 0.1) is 29.0 Å². The van der Waals surface area contributed by atoms with Crippen molar-refractivity contribution in [2.24, 2.45) is 0 Å². The molecule has 3 aromatic carbocycles. The average molecular weight is 475 g/mol. The number of anilines is 2. The summed E-state index contributed by atoms with van der Waals surface area (Å²) in [7, 11) is 1.30. The Labute approximate surface area is 203 Å². The summed E-state index contributed by atoms with van der Waals surface area (Å²) >= 11 is 0. The van der Waals surface area contributed by atoms with E-state index in [1.807, 2.05) is 24.3 Å². The van der Waals surface area contributed by atoms with E-state index in [9.17, 15) is 19.7 Å². The molecule has 1 aliphatic rings. The third kappa shape index (κ3) is 5.82. The number of nitrogens with zero attached hydrogens (tertiary/aromatic N) is 3. The van der Waals surface area contributed by atoms with Gasteiger partial charge in [0, 0.05) is 50.4 Å². The van der Waals surface area contributed by atoms with E-state index in [0.29, 0.717) is 11.3 Å². The fourth-order valence-corrected chi connectivity index (χ4v) is 4.07. The Balaban J connectivity index is 1.51. The number of carbonyl (C=O) groups is 2. The van der Waals surface area contributed by atoms with Crippen molar-refractivity contribution in [1.29, 1.82) is 0 Å². The number of rotatable bonds is 7. The number of hydrogen-bond donors (Lipinski definition) is 1. The largest absolute Gasteiger partial charge is 0.465 e. The molecule has 9 heteroatoms. The molecule has 9 nitrogen and oxygen atoms in total. The lowest BCUT2D eigenvalue weighted by atomic mass is 10.1. The number of nitro benzene ring substituents is 1. The van der Waals surface area contributed by atoms with Crippen LogP contribution in [0.1, 0.15) is 26.3 Å². The summed E-state index contributed by atoms with van der Waals surface area (Å²) in [6.07, 6.45) is 0. The fourth-order valence-electron chi connectivity index (χ4n) is 4.07. The number of nitrogens with one attached hydrogen (secondary N) is 1. The van der Waals surface area contributed by atoms with Gasteiger partial charge in [0.1, 0.15) is 0 Å². The van der Waals surface area contributed by atoms with Crippen molar-refractivity contribution in [2.75, 3.05) is 43.5 Å². The highest BCUT2D eigenvalue weighted by Crippen LogP contribution is 2.29. The van der Waals surface area contributed by atoms with Gasteiger partial charge in [0.25, 0.3) is 11.6 Å². The molecule has 0 bridgehead atoms. The summed E-state index contributed by atoms with van der Waals surface area (Å²) < 4.78 is 4.84. The first kappa shape index (κ1) is 23.9. The molecule has 0 aromatic heterocycles. The van der Waals surface area contributed by atoms with E-state index in [0.717, 1.165) is 38.4 Å². The van der Waals surface area contributed by atoms with Crippen molar-refractivity contribution >= 4 is 28.9 Å². The number of ether oxygens (including phenoxy) is 1. The lowest BCUT2D eigenvalue weighted by molar-refractivity contribution is -0.384. The number of methoxy groups -OCH3 is 1. The lowest BCUT2D eigenvalue weighted by Gasteiger charge is -2.37. The zero-order valence-electron chi connectivity index (χ0n) is 19.3. The molecular weight excluding hydrogens is 448 g/mol. The molecule has 0 unspecified atom stereocenters. The molecule has 0 aliphatic carbocycles. The molecule has 180 valence electrons. The maximum absolute atomic E-state index is 12.9. The van der Waals surface area contributed by atoms with Gasteiger partial charge in [-0.3, -0.25) is 19.8 Å². The summed E-state index contributed by atoms with van der Waals surface area (Å²) in [5, 5.41) is 13.8. The van der Waals surface area contributed by atoms with Crippen LogP contribution in [0.2, 0.25) is 0 Å². The van der Waals surface area contributed by atoms with Crippen LogP contribution in [0, 0.1) is 10.1 Å². The number of benzene rings is 3. The molecule has 35 heavy (non-hydrogen) atoms. The highest BCUT2D eigenvalue weighted by molar-refractivity contribution is 6.07. The summed E-state index contributed by atoms with van der Waals surface area (Å²) in [6.45, 7) is 4.09. The van der Waals surface area contributed by atoms with Crippen LogP contribution in [-0.4, -0.2) is 55.0 Å². The molecule has 0 spiro atoms. The minimum atomic E-state index is -0.517. The maximum atomic E-state index is 12.9. The number of non-ortho nitro benzene ring substituents is 1. The molecule has 0 saturated carbocycles. The molecule has 1 N–H and O–H groups in total. The molecule has 0 atom stereocenters. The molecule has 1 saturated heterocycles. The van der Waals surface area contributed by atoms with Crippen LogP contribution < -0.4 is 10.2 Å². The van der Waals surface area contributed by atoms with Crippen molar-refractivity contribution < 1.29 is 19.2 Å². The Morgan fingerprint density at radius 2 is 1.60 bits per heavy atom. The topological polar surface area (TPSA) is 105 Å². The van der Waals surface area contributed by atoms with Gasteiger partial charge in [-0.05, 0) is 35.9 Å². The Bertz CT molecular complexity index is 1210. The Morgan fingerprint density at radius 3 is 2.23 bits per heavy atom. The van der Waals surface area contributed by atoms with Crippen LogP contribution >= 0.6 is 0 Å². The van der Waals surface area contributed by atoms with Crippen molar-refractivity contribution in [3.63, 3.8) is 0 Å². The first-order chi connectivity index (χ1) is 16.9. The van der Waals surface area contributed by atoms with Gasteiger partial charge in [-0.15, -0.1) is 0 Å². The second-order valence-electron chi connectivity index (χ2n) is 8.23. The van der Waals surface area contributed by atoms with Crippen LogP contribution in [0.5, 0.6) is 0 Å². The van der Waals surface area contributed by atoms with Crippen LogP contribution in [0.3, 0.4) is 0 Å². The van der Waals surface area contributed by atoms with E-state index in [1.54, 1.807) is 12.1 Å². The van der Waals surface area contributed by atoms with Crippen molar-refractivity contribution in [3.05, 3.63) is 99.6 Å². The van der Waals surface area contributed by atoms with Crippen LogP contribution in [-0.2, 0) is 11.3 Å². The molecule has 4 rings (SSSR count). The molecule has 0 radical (unpaired) electrons. The van der Waals surface area contributed by atoms with Crippen molar-refractivity contribution in [2.45, 2.75) is 6.54 Å². The number of piperazine rings is 1. The lowest BCUT2D eigenvalue weighted by Crippen LogP contribution is -2.46. The summed E-state index contributed by atoms with van der Waals surface area (Å²) in [4.78, 5) is 40.0. The standard InChI is InChI=1S/C26H26N4O5/c1-35-26(32)21-9-12-24(29-15-13-28(14-16-29)18-19-5-3-2-4-6-19)23(17-21)27-25(31)20-7-10-22(11-8-20)30(33)34/h2-12,17H,13-16,18H2,1H3,(H,27,31). The predicted molar refractivity (Wildman–Crippen MR) is 133 cm³/mol. The normalized spacial score (nSPS) is 13.8. The molecule has 1 fully saturated rings. The molecule has 1 amide bonds. The first-order valence-corrected chi connectivity index (χ1v) is 11.2. The SMILES string of the molecule is COC(=O)c1ccc(N2CCN(Cc3ccccc3)CC2)c(NC(=O)c2ccc([N+](=O)[O-])cc2)c1. The van der Waals surface area contributed by atoms with E-state index < -0.39 is 16.8 Å². The quantitative estimate of drug-likeness (QED) is 0.314. The van der Waals surface area contributed by atoms with Crippen LogP contribution in [0.4, 0.5) is 17.1 Å². The average Bonchev–Trinajstić information content (AvgIpc) is 2.89. The van der Waals surface area contributed by atoms with Gasteiger partial charge in [-0.2, -0.15) is 0 Å². The second-order valence-corrected chi connectivity index (χ2v) is 8.23. The third-order valence-corrected chi connectivity index (χ3v) is 5.97. The minimum Gasteiger partial charge on any atom is -0.465 e. The van der Waals surface area contributed by atoms with Crippen molar-refractivity contribution in [3.8, 4) is 0 Å².